The van der Waals surface area contributed by atoms with Crippen LogP contribution in [0.3, 0.4) is 0 Å². The van der Waals surface area contributed by atoms with Gasteiger partial charge in [0.05, 0.1) is 0 Å². The average molecular weight is 276 g/mol. The molecular weight excluding hydrogens is 248 g/mol. The second-order valence-corrected chi connectivity index (χ2v) is 6.65. The summed E-state index contributed by atoms with van der Waals surface area (Å²) in [6, 6.07) is 1.90. The SMILES string of the molecule is CC1CC(n2ccnc2NC2CCCCC2)CCN1C. The summed E-state index contributed by atoms with van der Waals surface area (Å²) in [5.74, 6) is 1.10. The largest absolute Gasteiger partial charge is 0.353 e. The van der Waals surface area contributed by atoms with Crippen molar-refractivity contribution in [3.63, 3.8) is 0 Å². The molecule has 1 aromatic rings. The van der Waals surface area contributed by atoms with Crippen molar-refractivity contribution in [3.8, 4) is 0 Å². The summed E-state index contributed by atoms with van der Waals surface area (Å²) in [5.41, 5.74) is 0. The lowest BCUT2D eigenvalue weighted by Crippen LogP contribution is -2.38. The van der Waals surface area contributed by atoms with E-state index in [-0.39, 0.29) is 0 Å². The van der Waals surface area contributed by atoms with Crippen LogP contribution in [-0.4, -0.2) is 40.1 Å². The van der Waals surface area contributed by atoms with E-state index in [0.29, 0.717) is 18.1 Å². The molecule has 0 radical (unpaired) electrons. The molecule has 0 aromatic carbocycles. The normalized spacial score (nSPS) is 29.5. The molecule has 2 heterocycles. The Morgan fingerprint density at radius 1 is 1.20 bits per heavy atom. The predicted molar refractivity (Wildman–Crippen MR) is 83.1 cm³/mol. The number of piperidine rings is 1. The van der Waals surface area contributed by atoms with Crippen molar-refractivity contribution in [1.82, 2.24) is 14.5 Å². The van der Waals surface area contributed by atoms with Crippen LogP contribution in [0.4, 0.5) is 5.95 Å². The van der Waals surface area contributed by atoms with Crippen LogP contribution >= 0.6 is 0 Å². The van der Waals surface area contributed by atoms with Gasteiger partial charge >= 0.3 is 0 Å². The molecule has 4 heteroatoms. The molecule has 0 bridgehead atoms. The Morgan fingerprint density at radius 3 is 2.75 bits per heavy atom. The van der Waals surface area contributed by atoms with Crippen molar-refractivity contribution in [2.24, 2.45) is 0 Å². The van der Waals surface area contributed by atoms with Crippen LogP contribution < -0.4 is 5.32 Å². The van der Waals surface area contributed by atoms with Gasteiger partial charge in [-0.3, -0.25) is 0 Å². The molecule has 2 unspecified atom stereocenters. The molecule has 1 aliphatic heterocycles. The van der Waals surface area contributed by atoms with Gasteiger partial charge in [0.1, 0.15) is 0 Å². The van der Waals surface area contributed by atoms with Crippen molar-refractivity contribution in [3.05, 3.63) is 12.4 Å². The molecule has 2 fully saturated rings. The smallest absolute Gasteiger partial charge is 0.203 e. The number of aromatic nitrogens is 2. The fraction of sp³-hybridized carbons (Fsp3) is 0.812. The highest BCUT2D eigenvalue weighted by Gasteiger charge is 2.26. The maximum Gasteiger partial charge on any atom is 0.203 e. The van der Waals surface area contributed by atoms with Crippen LogP contribution in [0.5, 0.6) is 0 Å². The molecule has 1 saturated heterocycles. The van der Waals surface area contributed by atoms with Gasteiger partial charge in [-0.05, 0) is 39.7 Å². The Labute approximate surface area is 122 Å². The summed E-state index contributed by atoms with van der Waals surface area (Å²) in [6.07, 6.45) is 13.3. The van der Waals surface area contributed by atoms with Crippen LogP contribution in [0.2, 0.25) is 0 Å². The fourth-order valence-corrected chi connectivity index (χ4v) is 3.67. The van der Waals surface area contributed by atoms with E-state index in [1.165, 1.54) is 51.5 Å². The quantitative estimate of drug-likeness (QED) is 0.919. The average Bonchev–Trinajstić information content (AvgIpc) is 2.91. The van der Waals surface area contributed by atoms with Crippen molar-refractivity contribution >= 4 is 5.95 Å². The lowest BCUT2D eigenvalue weighted by Gasteiger charge is -2.36. The van der Waals surface area contributed by atoms with Gasteiger partial charge in [-0.1, -0.05) is 19.3 Å². The molecule has 2 atom stereocenters. The number of hydrogen-bond donors (Lipinski definition) is 1. The number of nitrogens with one attached hydrogen (secondary N) is 1. The van der Waals surface area contributed by atoms with Crippen molar-refractivity contribution in [2.45, 2.75) is 70.0 Å². The summed E-state index contributed by atoms with van der Waals surface area (Å²) in [7, 11) is 2.23. The van der Waals surface area contributed by atoms with E-state index in [2.05, 4.69) is 39.9 Å². The summed E-state index contributed by atoms with van der Waals surface area (Å²) >= 11 is 0. The van der Waals surface area contributed by atoms with Crippen LogP contribution in [0.1, 0.15) is 57.9 Å². The molecule has 1 N–H and O–H groups in total. The number of hydrogen-bond acceptors (Lipinski definition) is 3. The van der Waals surface area contributed by atoms with E-state index < -0.39 is 0 Å². The number of rotatable bonds is 3. The highest BCUT2D eigenvalue weighted by molar-refractivity contribution is 5.28. The standard InChI is InChI=1S/C16H28N4/c1-13-12-15(8-10-19(13)2)20-11-9-17-16(20)18-14-6-4-3-5-7-14/h9,11,13-15H,3-8,10,12H2,1-2H3,(H,17,18). The third kappa shape index (κ3) is 3.00. The second-order valence-electron chi connectivity index (χ2n) is 6.65. The van der Waals surface area contributed by atoms with Crippen LogP contribution in [0, 0.1) is 0 Å². The molecule has 0 spiro atoms. The molecular formula is C16H28N4. The van der Waals surface area contributed by atoms with Crippen molar-refractivity contribution in [2.75, 3.05) is 18.9 Å². The molecule has 20 heavy (non-hydrogen) atoms. The van der Waals surface area contributed by atoms with Gasteiger partial charge in [-0.15, -0.1) is 0 Å². The second kappa shape index (κ2) is 6.17. The third-order valence-corrected chi connectivity index (χ3v) is 5.18. The first-order valence-electron chi connectivity index (χ1n) is 8.23. The highest BCUT2D eigenvalue weighted by atomic mass is 15.2. The fourth-order valence-electron chi connectivity index (χ4n) is 3.67. The molecule has 1 aromatic heterocycles. The summed E-state index contributed by atoms with van der Waals surface area (Å²) in [4.78, 5) is 7.03. The Bertz CT molecular complexity index is 422. The van der Waals surface area contributed by atoms with Gasteiger partial charge < -0.3 is 14.8 Å². The number of nitrogens with zero attached hydrogens (tertiary/aromatic N) is 3. The zero-order chi connectivity index (χ0) is 13.9. The van der Waals surface area contributed by atoms with Gasteiger partial charge in [0.15, 0.2) is 0 Å². The van der Waals surface area contributed by atoms with E-state index in [4.69, 9.17) is 0 Å². The monoisotopic (exact) mass is 276 g/mol. The first kappa shape index (κ1) is 13.9. The molecule has 2 aliphatic rings. The maximum atomic E-state index is 4.57. The van der Waals surface area contributed by atoms with E-state index in [1.54, 1.807) is 0 Å². The van der Waals surface area contributed by atoms with E-state index in [0.717, 1.165) is 5.95 Å². The Hall–Kier alpha value is -1.03. The van der Waals surface area contributed by atoms with Gasteiger partial charge in [0.25, 0.3) is 0 Å². The summed E-state index contributed by atoms with van der Waals surface area (Å²) < 4.78 is 2.39. The first-order chi connectivity index (χ1) is 9.74. The Balaban J connectivity index is 1.66. The molecule has 4 nitrogen and oxygen atoms in total. The van der Waals surface area contributed by atoms with E-state index in [1.807, 2.05) is 6.20 Å². The van der Waals surface area contributed by atoms with Crippen molar-refractivity contribution in [1.29, 1.82) is 0 Å². The van der Waals surface area contributed by atoms with Gasteiger partial charge in [-0.2, -0.15) is 0 Å². The molecule has 112 valence electrons. The van der Waals surface area contributed by atoms with Crippen LogP contribution in [0.15, 0.2) is 12.4 Å². The highest BCUT2D eigenvalue weighted by Crippen LogP contribution is 2.29. The van der Waals surface area contributed by atoms with Gasteiger partial charge in [-0.25, -0.2) is 4.98 Å². The minimum absolute atomic E-state index is 0.606. The molecule has 1 aliphatic carbocycles. The Kier molecular flexibility index (Phi) is 4.29. The number of imidazole rings is 1. The zero-order valence-electron chi connectivity index (χ0n) is 12.9. The number of likely N-dealkylation sites (tertiary alicyclic amines) is 1. The lowest BCUT2D eigenvalue weighted by molar-refractivity contribution is 0.157. The van der Waals surface area contributed by atoms with Crippen molar-refractivity contribution < 1.29 is 0 Å². The minimum atomic E-state index is 0.606. The van der Waals surface area contributed by atoms with Crippen LogP contribution in [0.25, 0.3) is 0 Å². The zero-order valence-corrected chi connectivity index (χ0v) is 12.9. The predicted octanol–water partition coefficient (Wildman–Crippen LogP) is 3.28. The number of anilines is 1. The molecule has 3 rings (SSSR count). The summed E-state index contributed by atoms with van der Waals surface area (Å²) in [6.45, 7) is 3.52. The van der Waals surface area contributed by atoms with Gasteiger partial charge in [0, 0.05) is 37.1 Å². The van der Waals surface area contributed by atoms with Gasteiger partial charge in [0.2, 0.25) is 5.95 Å². The molecule has 1 saturated carbocycles. The molecule has 0 amide bonds. The lowest BCUT2D eigenvalue weighted by atomic mass is 9.95. The van der Waals surface area contributed by atoms with E-state index >= 15 is 0 Å². The minimum Gasteiger partial charge on any atom is -0.353 e. The van der Waals surface area contributed by atoms with Crippen LogP contribution in [-0.2, 0) is 0 Å². The maximum absolute atomic E-state index is 4.57. The third-order valence-electron chi connectivity index (χ3n) is 5.18. The van der Waals surface area contributed by atoms with E-state index in [9.17, 15) is 0 Å². The Morgan fingerprint density at radius 2 is 2.00 bits per heavy atom. The first-order valence-corrected chi connectivity index (χ1v) is 8.23. The summed E-state index contributed by atoms with van der Waals surface area (Å²) in [5, 5.41) is 3.69. The topological polar surface area (TPSA) is 33.1 Å².